The second-order valence-electron chi connectivity index (χ2n) is 15.1. The molecule has 273 valence electrons. The van der Waals surface area contributed by atoms with Crippen molar-refractivity contribution in [3.05, 3.63) is 175 Å². The molecule has 9 aromatic rings. The summed E-state index contributed by atoms with van der Waals surface area (Å²) in [5, 5.41) is 4.46. The standard InChI is InChI=1S/C33H21N2O.C17H20N.Ir/c1-21-19-34-20-29-23(21)11-7-12-25(29)26-17-16-24(22-9-3-2-4-10-22)31-28-14-8-13-27(32(28)36-33(26)31)30-15-5-6-18-35-30;1-13-5-8-15(9-6-13)16-10-7-14(12-18-16)11-17(2,3)4;/h2-12,14-20H,1H3;5-8,10,12H,11H2,1-4H3;/q2*-1;. The third kappa shape index (κ3) is 7.91. The number of benzene rings is 5. The minimum Gasteiger partial charge on any atom is -0.500 e. The van der Waals surface area contributed by atoms with E-state index in [9.17, 15) is 0 Å². The monoisotopic (exact) mass is 892 g/mol. The SMILES string of the molecule is Cc1c[c-]c(-c2ccc(CC(C)(C)C)cn2)cc1.Cc1cncc2c(-c3ccc(-c4ccccc4)c4c3oc3c(-c5ccccn5)[c-]ccc34)cccc12.[Ir]. The number of fused-ring (bicyclic) bond motifs is 4. The van der Waals surface area contributed by atoms with E-state index in [0.717, 1.165) is 84.1 Å². The summed E-state index contributed by atoms with van der Waals surface area (Å²) in [6.07, 6.45) is 8.70. The topological polar surface area (TPSA) is 51.8 Å². The predicted octanol–water partition coefficient (Wildman–Crippen LogP) is 13.1. The summed E-state index contributed by atoms with van der Waals surface area (Å²) < 4.78 is 6.77. The molecule has 0 spiro atoms. The minimum absolute atomic E-state index is 0. The Morgan fingerprint density at radius 1 is 0.618 bits per heavy atom. The molecule has 0 N–H and O–H groups in total. The fourth-order valence-electron chi connectivity index (χ4n) is 7.16. The Morgan fingerprint density at radius 2 is 1.44 bits per heavy atom. The van der Waals surface area contributed by atoms with E-state index < -0.39 is 0 Å². The van der Waals surface area contributed by atoms with E-state index in [1.807, 2.05) is 55.0 Å². The van der Waals surface area contributed by atoms with Gasteiger partial charge in [-0.05, 0) is 75.5 Å². The van der Waals surface area contributed by atoms with Crippen LogP contribution in [-0.4, -0.2) is 15.0 Å². The summed E-state index contributed by atoms with van der Waals surface area (Å²) in [7, 11) is 0. The van der Waals surface area contributed by atoms with Gasteiger partial charge in [0.05, 0.1) is 5.58 Å². The van der Waals surface area contributed by atoms with Crippen LogP contribution in [0.15, 0.2) is 151 Å². The van der Waals surface area contributed by atoms with Crippen LogP contribution in [0.3, 0.4) is 0 Å². The molecule has 0 unspecified atom stereocenters. The molecule has 0 aliphatic carbocycles. The van der Waals surface area contributed by atoms with Crippen molar-refractivity contribution in [2.24, 2.45) is 5.41 Å². The number of aryl methyl sites for hydroxylation is 2. The van der Waals surface area contributed by atoms with Crippen LogP contribution < -0.4 is 0 Å². The van der Waals surface area contributed by atoms with Gasteiger partial charge in [0.15, 0.2) is 0 Å². The summed E-state index contributed by atoms with van der Waals surface area (Å²) in [4.78, 5) is 13.6. The minimum atomic E-state index is 0. The first-order chi connectivity index (χ1) is 26.2. The Kier molecular flexibility index (Phi) is 10.9. The van der Waals surface area contributed by atoms with Crippen LogP contribution >= 0.6 is 0 Å². The van der Waals surface area contributed by atoms with E-state index in [1.165, 1.54) is 16.5 Å². The van der Waals surface area contributed by atoms with Gasteiger partial charge in [0, 0.05) is 61.2 Å². The molecule has 0 bridgehead atoms. The smallest absolute Gasteiger partial charge is 0.129 e. The zero-order chi connectivity index (χ0) is 37.2. The molecule has 4 heterocycles. The van der Waals surface area contributed by atoms with Crippen LogP contribution in [0.5, 0.6) is 0 Å². The molecule has 4 nitrogen and oxygen atoms in total. The molecule has 0 saturated heterocycles. The van der Waals surface area contributed by atoms with Gasteiger partial charge in [0.2, 0.25) is 0 Å². The quantitative estimate of drug-likeness (QED) is 0.162. The van der Waals surface area contributed by atoms with Crippen LogP contribution in [-0.2, 0) is 26.5 Å². The maximum Gasteiger partial charge on any atom is 0.129 e. The van der Waals surface area contributed by atoms with Crippen LogP contribution in [0.25, 0.3) is 77.5 Å². The van der Waals surface area contributed by atoms with Gasteiger partial charge in [0.1, 0.15) is 5.58 Å². The van der Waals surface area contributed by atoms with E-state index in [-0.39, 0.29) is 20.1 Å². The Hall–Kier alpha value is -5.74. The second-order valence-corrected chi connectivity index (χ2v) is 15.1. The molecule has 0 fully saturated rings. The van der Waals surface area contributed by atoms with Crippen LogP contribution in [0.4, 0.5) is 0 Å². The largest absolute Gasteiger partial charge is 0.500 e. The molecule has 0 saturated carbocycles. The first-order valence-corrected chi connectivity index (χ1v) is 18.4. The van der Waals surface area contributed by atoms with Crippen LogP contribution in [0, 0.1) is 31.4 Å². The second kappa shape index (κ2) is 15.9. The summed E-state index contributed by atoms with van der Waals surface area (Å²) in [6.45, 7) is 10.9. The van der Waals surface area contributed by atoms with Gasteiger partial charge in [0.25, 0.3) is 0 Å². The van der Waals surface area contributed by atoms with Gasteiger partial charge >= 0.3 is 0 Å². The van der Waals surface area contributed by atoms with Crippen molar-refractivity contribution in [2.75, 3.05) is 0 Å². The average molecular weight is 892 g/mol. The van der Waals surface area contributed by atoms with Crippen molar-refractivity contribution in [2.45, 2.75) is 41.0 Å². The maximum atomic E-state index is 6.77. The van der Waals surface area contributed by atoms with Crippen molar-refractivity contribution in [1.29, 1.82) is 0 Å². The van der Waals surface area contributed by atoms with Gasteiger partial charge in [-0.1, -0.05) is 118 Å². The fourth-order valence-corrected chi connectivity index (χ4v) is 7.16. The van der Waals surface area contributed by atoms with Gasteiger partial charge in [-0.25, -0.2) is 0 Å². The fraction of sp³-hybridized carbons (Fsp3) is 0.140. The summed E-state index contributed by atoms with van der Waals surface area (Å²) >= 11 is 0. The summed E-state index contributed by atoms with van der Waals surface area (Å²) in [6, 6.07) is 48.3. The Balaban J connectivity index is 0.000000208. The first kappa shape index (κ1) is 37.6. The van der Waals surface area contributed by atoms with E-state index in [2.05, 4.69) is 147 Å². The molecule has 0 aliphatic heterocycles. The van der Waals surface area contributed by atoms with Crippen LogP contribution in [0.1, 0.15) is 37.5 Å². The van der Waals surface area contributed by atoms with Crippen molar-refractivity contribution in [1.82, 2.24) is 15.0 Å². The molecule has 4 aromatic heterocycles. The zero-order valence-corrected chi connectivity index (χ0v) is 34.0. The number of aromatic nitrogens is 3. The van der Waals surface area contributed by atoms with Gasteiger partial charge in [-0.3, -0.25) is 4.98 Å². The number of nitrogens with zero attached hydrogens (tertiary/aromatic N) is 3. The van der Waals surface area contributed by atoms with E-state index in [0.29, 0.717) is 5.41 Å². The van der Waals surface area contributed by atoms with Crippen molar-refractivity contribution < 1.29 is 24.5 Å². The zero-order valence-electron chi connectivity index (χ0n) is 31.6. The normalized spacial score (nSPS) is 11.3. The number of pyridine rings is 3. The Morgan fingerprint density at radius 3 is 2.16 bits per heavy atom. The van der Waals surface area contributed by atoms with Crippen molar-refractivity contribution in [3.8, 4) is 44.8 Å². The molecule has 9 rings (SSSR count). The number of rotatable bonds is 5. The number of hydrogen-bond acceptors (Lipinski definition) is 4. The van der Waals surface area contributed by atoms with E-state index in [1.54, 1.807) is 6.20 Å². The molecule has 0 aliphatic rings. The van der Waals surface area contributed by atoms with E-state index in [4.69, 9.17) is 4.42 Å². The molecular formula is C50H41IrN3O-2. The molecule has 0 amide bonds. The molecule has 5 heteroatoms. The van der Waals surface area contributed by atoms with Gasteiger partial charge in [-0.15, -0.1) is 53.6 Å². The first-order valence-electron chi connectivity index (χ1n) is 18.4. The van der Waals surface area contributed by atoms with E-state index >= 15 is 0 Å². The third-order valence-electron chi connectivity index (χ3n) is 9.68. The summed E-state index contributed by atoms with van der Waals surface area (Å²) in [5.41, 5.74) is 13.8. The Bertz CT molecular complexity index is 2710. The number of hydrogen-bond donors (Lipinski definition) is 0. The molecule has 55 heavy (non-hydrogen) atoms. The average Bonchev–Trinajstić information content (AvgIpc) is 3.59. The summed E-state index contributed by atoms with van der Waals surface area (Å²) in [5.74, 6) is 0. The van der Waals surface area contributed by atoms with Gasteiger partial charge < -0.3 is 14.4 Å². The molecule has 0 atom stereocenters. The maximum absolute atomic E-state index is 6.77. The van der Waals surface area contributed by atoms with Crippen molar-refractivity contribution in [3.63, 3.8) is 0 Å². The molecule has 1 radical (unpaired) electrons. The Labute approximate surface area is 336 Å². The predicted molar refractivity (Wildman–Crippen MR) is 223 cm³/mol. The number of furan rings is 1. The molecular weight excluding hydrogens is 851 g/mol. The molecule has 5 aromatic carbocycles. The van der Waals surface area contributed by atoms with Crippen LogP contribution in [0.2, 0.25) is 0 Å². The van der Waals surface area contributed by atoms with Crippen molar-refractivity contribution >= 4 is 32.7 Å². The van der Waals surface area contributed by atoms with Gasteiger partial charge in [-0.2, -0.15) is 0 Å². The third-order valence-corrected chi connectivity index (χ3v) is 9.68.